The second-order valence-electron chi connectivity index (χ2n) is 1.71. The first-order valence-electron chi connectivity index (χ1n) is 2.56. The van der Waals surface area contributed by atoms with Crippen LogP contribution in [-0.2, 0) is 11.1 Å². The number of hydrogen-bond donors (Lipinski definition) is 1. The molecule has 0 aromatic heterocycles. The molecule has 0 heterocycles. The van der Waals surface area contributed by atoms with Crippen LogP contribution in [0.15, 0.2) is 29.2 Å². The van der Waals surface area contributed by atoms with Gasteiger partial charge in [0.2, 0.25) is 0 Å². The van der Waals surface area contributed by atoms with Gasteiger partial charge < -0.3 is 5.98 Å². The minimum absolute atomic E-state index is 0. The predicted octanol–water partition coefficient (Wildman–Crippen LogP) is -0.963. The van der Waals surface area contributed by atoms with Gasteiger partial charge in [-0.25, -0.2) is 4.21 Å². The summed E-state index contributed by atoms with van der Waals surface area (Å²) in [4.78, 5) is 0.326. The van der Waals surface area contributed by atoms with E-state index in [-0.39, 0.29) is 31.0 Å². The van der Waals surface area contributed by atoms with Crippen molar-refractivity contribution in [3.63, 3.8) is 0 Å². The Morgan fingerprint density at radius 3 is 2.55 bits per heavy atom. The summed E-state index contributed by atoms with van der Waals surface area (Å²) in [5.74, 6) is 0. The molecule has 0 fully saturated rings. The van der Waals surface area contributed by atoms with Crippen LogP contribution in [0.1, 0.15) is 1.43 Å². The van der Waals surface area contributed by atoms with Crippen molar-refractivity contribution in [2.24, 2.45) is 0 Å². The van der Waals surface area contributed by atoms with E-state index in [0.29, 0.717) is 9.92 Å². The second kappa shape index (κ2) is 5.30. The Bertz CT molecular complexity index is 271. The predicted molar refractivity (Wildman–Crippen MR) is 41.6 cm³/mol. The van der Waals surface area contributed by atoms with Crippen LogP contribution in [0.25, 0.3) is 0 Å². The van der Waals surface area contributed by atoms with Gasteiger partial charge in [0.05, 0.1) is 4.90 Å². The van der Waals surface area contributed by atoms with Crippen molar-refractivity contribution in [3.05, 3.63) is 29.3 Å². The Hall–Kier alpha value is 0.620. The third-order valence-corrected chi connectivity index (χ3v) is 1.89. The molecular weight excluding hydrogens is 195 g/mol. The topological polar surface area (TPSA) is 37.3 Å². The van der Waals surface area contributed by atoms with Crippen LogP contribution in [0.2, 0.25) is 5.02 Å². The van der Waals surface area contributed by atoms with Gasteiger partial charge in [0.25, 0.3) is 0 Å². The molecule has 0 bridgehead atoms. The molecule has 2 nitrogen and oxygen atoms in total. The summed E-state index contributed by atoms with van der Waals surface area (Å²) in [6.07, 6.45) is 0. The molecule has 0 aliphatic heterocycles. The second-order valence-corrected chi connectivity index (χ2v) is 3.11. The fourth-order valence-corrected chi connectivity index (χ4v) is 1.25. The number of benzene rings is 1. The van der Waals surface area contributed by atoms with E-state index in [0.717, 1.165) is 0 Å². The molecular formula is C6H6ClNaO2S. The van der Waals surface area contributed by atoms with Gasteiger partial charge in [-0.3, -0.25) is 0 Å². The van der Waals surface area contributed by atoms with Gasteiger partial charge in [0, 0.05) is 5.02 Å². The number of rotatable bonds is 1. The van der Waals surface area contributed by atoms with Gasteiger partial charge in [-0.1, -0.05) is 17.7 Å². The van der Waals surface area contributed by atoms with Crippen LogP contribution >= 0.6 is 11.6 Å². The van der Waals surface area contributed by atoms with Crippen molar-refractivity contribution < 1.29 is 39.7 Å². The maximum absolute atomic E-state index is 10.4. The standard InChI is InChI=1S/C6H5ClO2S.Na.H/c7-5-2-1-3-6(4-5)10(8)9;;/h1-4H,(H,8,9);;/q;+1;-1. The van der Waals surface area contributed by atoms with Crippen LogP contribution in [-0.4, -0.2) is 8.76 Å². The van der Waals surface area contributed by atoms with E-state index < -0.39 is 11.1 Å². The Morgan fingerprint density at radius 1 is 1.55 bits per heavy atom. The summed E-state index contributed by atoms with van der Waals surface area (Å²) < 4.78 is 19.0. The summed E-state index contributed by atoms with van der Waals surface area (Å²) in [6.45, 7) is 0. The molecule has 0 amide bonds. The zero-order valence-electron chi connectivity index (χ0n) is 6.95. The quantitative estimate of drug-likeness (QED) is 0.468. The monoisotopic (exact) mass is 200 g/mol. The Morgan fingerprint density at radius 2 is 2.18 bits per heavy atom. The van der Waals surface area contributed by atoms with Crippen molar-refractivity contribution in [2.75, 3.05) is 0 Å². The third kappa shape index (κ3) is 3.69. The smallest absolute Gasteiger partial charge is 1.00 e. The van der Waals surface area contributed by atoms with Gasteiger partial charge >= 0.3 is 29.6 Å². The van der Waals surface area contributed by atoms with E-state index in [4.69, 9.17) is 16.2 Å². The largest absolute Gasteiger partial charge is 1.00 e. The van der Waals surface area contributed by atoms with Gasteiger partial charge in [0.1, 0.15) is 0 Å². The van der Waals surface area contributed by atoms with Crippen LogP contribution < -0.4 is 29.6 Å². The van der Waals surface area contributed by atoms with Crippen molar-refractivity contribution in [3.8, 4) is 0 Å². The third-order valence-electron chi connectivity index (χ3n) is 0.998. The Balaban J connectivity index is 0. The maximum Gasteiger partial charge on any atom is 1.00 e. The van der Waals surface area contributed by atoms with Crippen molar-refractivity contribution in [2.45, 2.75) is 4.90 Å². The van der Waals surface area contributed by atoms with Crippen LogP contribution in [0, 0.1) is 0 Å². The Labute approximate surface area is 96.0 Å². The molecule has 5 heteroatoms. The summed E-state index contributed by atoms with van der Waals surface area (Å²) in [6, 6.07) is 6.28. The summed E-state index contributed by atoms with van der Waals surface area (Å²) >= 11 is 3.62. The van der Waals surface area contributed by atoms with E-state index in [1.807, 2.05) is 0 Å². The average molecular weight is 201 g/mol. The molecule has 0 aliphatic carbocycles. The average Bonchev–Trinajstić information content (AvgIpc) is 1.88. The maximum atomic E-state index is 10.4. The van der Waals surface area contributed by atoms with E-state index >= 15 is 0 Å². The molecule has 0 saturated carbocycles. The minimum atomic E-state index is -1.92. The normalized spacial score (nSPS) is 11.8. The summed E-state index contributed by atoms with van der Waals surface area (Å²) in [7, 11) is 0. The van der Waals surface area contributed by atoms with Gasteiger partial charge in [-0.05, 0) is 18.2 Å². The molecule has 1 aromatic carbocycles. The molecule has 1 atom stereocenters. The van der Waals surface area contributed by atoms with Crippen LogP contribution in [0.3, 0.4) is 0 Å². The first-order chi connectivity index (χ1) is 4.70. The molecule has 1 rings (SSSR count). The Kier molecular flexibility index (Phi) is 5.60. The van der Waals surface area contributed by atoms with Crippen molar-refractivity contribution in [1.29, 1.82) is 0 Å². The van der Waals surface area contributed by atoms with E-state index in [9.17, 15) is 4.21 Å². The fourth-order valence-electron chi connectivity index (χ4n) is 0.576. The molecule has 0 saturated heterocycles. The van der Waals surface area contributed by atoms with Crippen LogP contribution in [0.4, 0.5) is 0 Å². The molecule has 11 heavy (non-hydrogen) atoms. The first kappa shape index (κ1) is 11.6. The number of hydrogen-bond acceptors (Lipinski definition) is 1. The minimum Gasteiger partial charge on any atom is -1.00 e. The molecule has 1 aromatic rings. The molecule has 0 radical (unpaired) electrons. The first-order valence-corrected chi connectivity index (χ1v) is 4.05. The van der Waals surface area contributed by atoms with E-state index in [2.05, 4.69) is 0 Å². The SMILES string of the molecule is O=S(O)c1cccc(Cl)c1.[H-].[Na+]. The van der Waals surface area contributed by atoms with Gasteiger partial charge in [-0.15, -0.1) is 0 Å². The molecule has 1 N–H and O–H groups in total. The van der Waals surface area contributed by atoms with Gasteiger partial charge in [-0.2, -0.15) is 0 Å². The molecule has 56 valence electrons. The molecule has 1 unspecified atom stereocenters. The van der Waals surface area contributed by atoms with E-state index in [1.54, 1.807) is 18.2 Å². The van der Waals surface area contributed by atoms with Crippen LogP contribution in [0.5, 0.6) is 0 Å². The summed E-state index contributed by atoms with van der Waals surface area (Å²) in [5.41, 5.74) is 0. The van der Waals surface area contributed by atoms with Gasteiger partial charge in [0.15, 0.2) is 11.1 Å². The van der Waals surface area contributed by atoms with Crippen molar-refractivity contribution in [1.82, 2.24) is 0 Å². The summed E-state index contributed by atoms with van der Waals surface area (Å²) in [5, 5.41) is 0.472. The zero-order chi connectivity index (χ0) is 7.56. The fraction of sp³-hybridized carbons (Fsp3) is 0. The number of halogens is 1. The molecule has 0 spiro atoms. The molecule has 0 aliphatic rings. The zero-order valence-corrected chi connectivity index (χ0v) is 9.52. The van der Waals surface area contributed by atoms with Crippen molar-refractivity contribution >= 4 is 22.7 Å². The van der Waals surface area contributed by atoms with E-state index in [1.165, 1.54) is 6.07 Å².